The molecule has 5 heteroatoms. The van der Waals surface area contributed by atoms with E-state index < -0.39 is 17.9 Å². The molecule has 1 rings (SSSR count). The predicted octanol–water partition coefficient (Wildman–Crippen LogP) is -2.01. The second-order valence-corrected chi connectivity index (χ2v) is 1.94. The number of nitrogens with two attached hydrogens (primary N) is 1. The van der Waals surface area contributed by atoms with Gasteiger partial charge in [-0.15, -0.1) is 0 Å². The molecule has 1 atom stereocenters. The van der Waals surface area contributed by atoms with Gasteiger partial charge in [-0.1, -0.05) is 0 Å². The largest absolute Gasteiger partial charge is 0.367 e. The minimum atomic E-state index is -1.09. The number of morpholine rings is 1. The van der Waals surface area contributed by atoms with Gasteiger partial charge >= 0.3 is 0 Å². The molecule has 1 aliphatic rings. The third-order valence-corrected chi connectivity index (χ3v) is 1.18. The van der Waals surface area contributed by atoms with Crippen molar-refractivity contribution in [2.75, 3.05) is 13.2 Å². The molecular weight excluding hydrogens is 136 g/mol. The van der Waals surface area contributed by atoms with Crippen molar-refractivity contribution in [2.45, 2.75) is 6.10 Å². The Labute approximate surface area is 57.5 Å². The van der Waals surface area contributed by atoms with Gasteiger partial charge in [-0.3, -0.25) is 9.59 Å². The first-order chi connectivity index (χ1) is 4.72. The molecule has 0 radical (unpaired) electrons. The van der Waals surface area contributed by atoms with E-state index in [9.17, 15) is 9.59 Å². The van der Waals surface area contributed by atoms with Crippen LogP contribution in [-0.4, -0.2) is 31.1 Å². The van der Waals surface area contributed by atoms with E-state index in [0.717, 1.165) is 0 Å². The molecule has 1 fully saturated rings. The van der Waals surface area contributed by atoms with Gasteiger partial charge in [0.05, 0.1) is 6.61 Å². The first-order valence-electron chi connectivity index (χ1n) is 2.90. The van der Waals surface area contributed by atoms with Crippen LogP contribution in [0.1, 0.15) is 0 Å². The Kier molecular flexibility index (Phi) is 1.86. The fraction of sp³-hybridized carbons (Fsp3) is 0.600. The maximum Gasteiger partial charge on any atom is 0.259 e. The quantitative estimate of drug-likeness (QED) is 0.417. The molecule has 5 nitrogen and oxygen atoms in total. The highest BCUT2D eigenvalue weighted by molar-refractivity contribution is 6.02. The molecular formula is C5H8N2O3. The van der Waals surface area contributed by atoms with Crippen LogP contribution in [0, 0.1) is 0 Å². The molecule has 1 heterocycles. The third kappa shape index (κ3) is 1.24. The summed E-state index contributed by atoms with van der Waals surface area (Å²) in [6.07, 6.45) is -1.09. The van der Waals surface area contributed by atoms with E-state index in [0.29, 0.717) is 13.2 Å². The van der Waals surface area contributed by atoms with Crippen LogP contribution >= 0.6 is 0 Å². The summed E-state index contributed by atoms with van der Waals surface area (Å²) in [6, 6.07) is 0. The highest BCUT2D eigenvalue weighted by Gasteiger charge is 2.27. The zero-order valence-corrected chi connectivity index (χ0v) is 5.29. The lowest BCUT2D eigenvalue weighted by molar-refractivity contribution is -0.147. The second kappa shape index (κ2) is 2.66. The summed E-state index contributed by atoms with van der Waals surface area (Å²) in [7, 11) is 0. The van der Waals surface area contributed by atoms with Crippen molar-refractivity contribution in [1.82, 2.24) is 5.32 Å². The smallest absolute Gasteiger partial charge is 0.259 e. The van der Waals surface area contributed by atoms with E-state index >= 15 is 0 Å². The van der Waals surface area contributed by atoms with E-state index in [1.807, 2.05) is 0 Å². The van der Waals surface area contributed by atoms with Crippen LogP contribution in [-0.2, 0) is 14.3 Å². The van der Waals surface area contributed by atoms with Crippen LogP contribution < -0.4 is 11.1 Å². The molecule has 2 amide bonds. The van der Waals surface area contributed by atoms with Crippen LogP contribution in [0.2, 0.25) is 0 Å². The molecule has 0 aromatic carbocycles. The van der Waals surface area contributed by atoms with E-state index in [2.05, 4.69) is 5.32 Å². The first-order valence-corrected chi connectivity index (χ1v) is 2.90. The van der Waals surface area contributed by atoms with Crippen molar-refractivity contribution >= 4 is 11.8 Å². The molecule has 0 aromatic heterocycles. The Morgan fingerprint density at radius 2 is 2.50 bits per heavy atom. The van der Waals surface area contributed by atoms with Crippen LogP contribution in [0.5, 0.6) is 0 Å². The number of primary amides is 1. The molecule has 10 heavy (non-hydrogen) atoms. The van der Waals surface area contributed by atoms with Gasteiger partial charge in [-0.05, 0) is 0 Å². The van der Waals surface area contributed by atoms with E-state index in [-0.39, 0.29) is 0 Å². The van der Waals surface area contributed by atoms with Gasteiger partial charge < -0.3 is 15.8 Å². The molecule has 0 aliphatic carbocycles. The number of hydrogen-bond acceptors (Lipinski definition) is 3. The van der Waals surface area contributed by atoms with E-state index in [1.54, 1.807) is 0 Å². The highest BCUT2D eigenvalue weighted by Crippen LogP contribution is 1.95. The van der Waals surface area contributed by atoms with Gasteiger partial charge in [0, 0.05) is 6.54 Å². The summed E-state index contributed by atoms with van der Waals surface area (Å²) >= 11 is 0. The summed E-state index contributed by atoms with van der Waals surface area (Å²) in [5.74, 6) is -1.18. The zero-order chi connectivity index (χ0) is 7.56. The first kappa shape index (κ1) is 7.01. The molecule has 0 bridgehead atoms. The fourth-order valence-corrected chi connectivity index (χ4v) is 0.731. The van der Waals surface area contributed by atoms with Crippen molar-refractivity contribution in [3.05, 3.63) is 0 Å². The fourth-order valence-electron chi connectivity index (χ4n) is 0.731. The van der Waals surface area contributed by atoms with Crippen LogP contribution in [0.3, 0.4) is 0 Å². The average molecular weight is 144 g/mol. The Morgan fingerprint density at radius 3 is 2.90 bits per heavy atom. The van der Waals surface area contributed by atoms with Crippen molar-refractivity contribution in [3.8, 4) is 0 Å². The van der Waals surface area contributed by atoms with Crippen LogP contribution in [0.4, 0.5) is 0 Å². The molecule has 1 saturated heterocycles. The minimum absolute atomic E-state index is 0.347. The third-order valence-electron chi connectivity index (χ3n) is 1.18. The van der Waals surface area contributed by atoms with Crippen LogP contribution in [0.15, 0.2) is 0 Å². The second-order valence-electron chi connectivity index (χ2n) is 1.94. The lowest BCUT2D eigenvalue weighted by Gasteiger charge is -2.19. The monoisotopic (exact) mass is 144 g/mol. The molecule has 56 valence electrons. The average Bonchev–Trinajstić information content (AvgIpc) is 1.88. The highest BCUT2D eigenvalue weighted by atomic mass is 16.5. The van der Waals surface area contributed by atoms with Gasteiger partial charge in [0.1, 0.15) is 0 Å². The number of ether oxygens (including phenoxy) is 1. The number of amides is 2. The summed E-state index contributed by atoms with van der Waals surface area (Å²) in [6.45, 7) is 0.794. The minimum Gasteiger partial charge on any atom is -0.367 e. The number of carbonyl (C=O) groups is 2. The van der Waals surface area contributed by atoms with Crippen molar-refractivity contribution in [1.29, 1.82) is 0 Å². The molecule has 1 aliphatic heterocycles. The molecule has 0 saturated carbocycles. The summed E-state index contributed by atoms with van der Waals surface area (Å²) in [5, 5.41) is 2.45. The summed E-state index contributed by atoms with van der Waals surface area (Å²) in [4.78, 5) is 21.1. The normalized spacial score (nSPS) is 25.6. The molecule has 1 unspecified atom stereocenters. The number of nitrogens with one attached hydrogen (secondary N) is 1. The van der Waals surface area contributed by atoms with Gasteiger partial charge in [-0.25, -0.2) is 0 Å². The number of carbonyl (C=O) groups excluding carboxylic acids is 2. The van der Waals surface area contributed by atoms with Gasteiger partial charge in [0.15, 0.2) is 0 Å². The Hall–Kier alpha value is -1.10. The Bertz CT molecular complexity index is 168. The van der Waals surface area contributed by atoms with Crippen molar-refractivity contribution in [2.24, 2.45) is 5.73 Å². The van der Waals surface area contributed by atoms with Gasteiger partial charge in [-0.2, -0.15) is 0 Å². The summed E-state index contributed by atoms with van der Waals surface area (Å²) < 4.78 is 4.77. The van der Waals surface area contributed by atoms with Crippen molar-refractivity contribution < 1.29 is 14.3 Å². The van der Waals surface area contributed by atoms with E-state index in [1.165, 1.54) is 0 Å². The summed E-state index contributed by atoms with van der Waals surface area (Å²) in [5.41, 5.74) is 4.83. The molecule has 0 spiro atoms. The molecule has 0 aromatic rings. The SMILES string of the molecule is NC(=O)C1OCCNC1=O. The molecule has 3 N–H and O–H groups in total. The number of rotatable bonds is 1. The van der Waals surface area contributed by atoms with E-state index in [4.69, 9.17) is 10.5 Å². The maximum absolute atomic E-state index is 10.7. The maximum atomic E-state index is 10.7. The van der Waals surface area contributed by atoms with Gasteiger partial charge in [0.2, 0.25) is 6.10 Å². The van der Waals surface area contributed by atoms with Crippen molar-refractivity contribution in [3.63, 3.8) is 0 Å². The standard InChI is InChI=1S/C5H8N2O3/c6-4(8)3-5(9)7-1-2-10-3/h3H,1-2H2,(H2,6,8)(H,7,9). The predicted molar refractivity (Wildman–Crippen MR) is 31.9 cm³/mol. The van der Waals surface area contributed by atoms with Crippen LogP contribution in [0.25, 0.3) is 0 Å². The lowest BCUT2D eigenvalue weighted by atomic mass is 10.3. The Balaban J connectivity index is 2.56. The number of hydrogen-bond donors (Lipinski definition) is 2. The van der Waals surface area contributed by atoms with Gasteiger partial charge in [0.25, 0.3) is 11.8 Å². The topological polar surface area (TPSA) is 81.4 Å². The Morgan fingerprint density at radius 1 is 1.80 bits per heavy atom. The zero-order valence-electron chi connectivity index (χ0n) is 5.29. The lowest BCUT2D eigenvalue weighted by Crippen LogP contribution is -2.50.